The van der Waals surface area contributed by atoms with Gasteiger partial charge in [-0.3, -0.25) is 4.79 Å². The Kier molecular flexibility index (Phi) is 6.06. The van der Waals surface area contributed by atoms with Gasteiger partial charge in [0.25, 0.3) is 5.56 Å². The number of anilines is 1. The van der Waals surface area contributed by atoms with Crippen LogP contribution >= 0.6 is 15.9 Å². The van der Waals surface area contributed by atoms with Crippen LogP contribution in [0.3, 0.4) is 0 Å². The zero-order valence-corrected chi connectivity index (χ0v) is 17.4. The highest BCUT2D eigenvalue weighted by Gasteiger charge is 2.10. The summed E-state index contributed by atoms with van der Waals surface area (Å²) in [5.74, 6) is 0.692. The maximum absolute atomic E-state index is 13.0. The molecule has 0 aliphatic rings. The van der Waals surface area contributed by atoms with Gasteiger partial charge in [0, 0.05) is 30.7 Å². The van der Waals surface area contributed by atoms with E-state index in [4.69, 9.17) is 0 Å². The van der Waals surface area contributed by atoms with Crippen molar-refractivity contribution >= 4 is 38.7 Å². The fraction of sp³-hybridized carbons (Fsp3) is 0.286. The number of benzene rings is 2. The molecule has 5 nitrogen and oxygen atoms in total. The Morgan fingerprint density at radius 2 is 1.93 bits per heavy atom. The predicted molar refractivity (Wildman–Crippen MR) is 116 cm³/mol. The van der Waals surface area contributed by atoms with Crippen molar-refractivity contribution in [2.24, 2.45) is 5.10 Å². The predicted octanol–water partition coefficient (Wildman–Crippen LogP) is 4.45. The summed E-state index contributed by atoms with van der Waals surface area (Å²) < 4.78 is 2.29. The van der Waals surface area contributed by atoms with E-state index in [1.165, 1.54) is 4.68 Å². The van der Waals surface area contributed by atoms with Crippen LogP contribution in [0, 0.1) is 0 Å². The van der Waals surface area contributed by atoms with Gasteiger partial charge in [-0.1, -0.05) is 41.4 Å². The van der Waals surface area contributed by atoms with Crippen LogP contribution in [0.15, 0.2) is 56.8 Å². The lowest BCUT2D eigenvalue weighted by molar-refractivity contribution is 0.675. The maximum atomic E-state index is 13.0. The van der Waals surface area contributed by atoms with Gasteiger partial charge < -0.3 is 4.90 Å². The van der Waals surface area contributed by atoms with Crippen molar-refractivity contribution in [2.45, 2.75) is 26.2 Å². The summed E-state index contributed by atoms with van der Waals surface area (Å²) in [6.45, 7) is 2.12. The molecule has 0 saturated carbocycles. The smallest absolute Gasteiger partial charge is 0.282 e. The number of hydrogen-bond acceptors (Lipinski definition) is 4. The van der Waals surface area contributed by atoms with Gasteiger partial charge >= 0.3 is 0 Å². The standard InChI is InChI=1S/C21H23BrN4O/c1-4-5-6-20-24-19-12-9-16(22)13-18(19)21(27)26(20)23-14-15-7-10-17(11-8-15)25(2)3/h7-14H,4-6H2,1-3H3. The third-order valence-electron chi connectivity index (χ3n) is 4.36. The molecular formula is C21H23BrN4O. The molecule has 140 valence electrons. The van der Waals surface area contributed by atoms with Crippen LogP contribution in [0.5, 0.6) is 0 Å². The molecule has 0 aliphatic heterocycles. The molecular weight excluding hydrogens is 404 g/mol. The Morgan fingerprint density at radius 3 is 2.59 bits per heavy atom. The van der Waals surface area contributed by atoms with Gasteiger partial charge in [0.15, 0.2) is 0 Å². The second-order valence-electron chi connectivity index (χ2n) is 6.64. The summed E-state index contributed by atoms with van der Waals surface area (Å²) in [5, 5.41) is 5.03. The lowest BCUT2D eigenvalue weighted by Gasteiger charge is -2.12. The molecule has 6 heteroatoms. The molecule has 0 radical (unpaired) electrons. The zero-order chi connectivity index (χ0) is 19.4. The first-order valence-electron chi connectivity index (χ1n) is 9.02. The maximum Gasteiger partial charge on any atom is 0.282 e. The first kappa shape index (κ1) is 19.3. The number of unbranched alkanes of at least 4 members (excludes halogenated alkanes) is 1. The Labute approximate surface area is 167 Å². The summed E-state index contributed by atoms with van der Waals surface area (Å²) in [5.41, 5.74) is 2.61. The highest BCUT2D eigenvalue weighted by atomic mass is 79.9. The number of fused-ring (bicyclic) bond motifs is 1. The number of nitrogens with zero attached hydrogens (tertiary/aromatic N) is 4. The molecule has 3 aromatic rings. The van der Waals surface area contributed by atoms with E-state index in [9.17, 15) is 4.79 Å². The lowest BCUT2D eigenvalue weighted by atomic mass is 10.2. The summed E-state index contributed by atoms with van der Waals surface area (Å²) >= 11 is 3.43. The van der Waals surface area contributed by atoms with Gasteiger partial charge in [0.05, 0.1) is 17.1 Å². The molecule has 1 heterocycles. The van der Waals surface area contributed by atoms with Crippen molar-refractivity contribution in [3.05, 3.63) is 68.7 Å². The van der Waals surface area contributed by atoms with Crippen molar-refractivity contribution in [3.63, 3.8) is 0 Å². The number of halogens is 1. The second-order valence-corrected chi connectivity index (χ2v) is 7.56. The summed E-state index contributed by atoms with van der Waals surface area (Å²) in [6, 6.07) is 13.6. The topological polar surface area (TPSA) is 50.5 Å². The average molecular weight is 427 g/mol. The van der Waals surface area contributed by atoms with Crippen molar-refractivity contribution < 1.29 is 0 Å². The molecule has 0 spiro atoms. The van der Waals surface area contributed by atoms with E-state index in [-0.39, 0.29) is 5.56 Å². The molecule has 0 N–H and O–H groups in total. The molecule has 1 aromatic heterocycles. The Bertz CT molecular complexity index is 1020. The molecule has 0 aliphatic carbocycles. The Balaban J connectivity index is 2.04. The second kappa shape index (κ2) is 8.48. The van der Waals surface area contributed by atoms with E-state index in [1.807, 2.05) is 55.4 Å². The van der Waals surface area contributed by atoms with E-state index in [0.29, 0.717) is 23.1 Å². The SMILES string of the molecule is CCCCc1nc2ccc(Br)cc2c(=O)n1N=Cc1ccc(N(C)C)cc1. The van der Waals surface area contributed by atoms with Crippen LogP contribution in [-0.4, -0.2) is 30.0 Å². The molecule has 0 atom stereocenters. The van der Waals surface area contributed by atoms with Crippen molar-refractivity contribution in [2.75, 3.05) is 19.0 Å². The van der Waals surface area contributed by atoms with Crippen LogP contribution < -0.4 is 10.5 Å². The number of rotatable bonds is 6. The highest BCUT2D eigenvalue weighted by molar-refractivity contribution is 9.10. The van der Waals surface area contributed by atoms with Crippen LogP contribution in [0.2, 0.25) is 0 Å². The fourth-order valence-corrected chi connectivity index (χ4v) is 3.15. The van der Waals surface area contributed by atoms with Crippen LogP contribution in [0.4, 0.5) is 5.69 Å². The third kappa shape index (κ3) is 4.45. The van der Waals surface area contributed by atoms with Gasteiger partial charge in [0.2, 0.25) is 0 Å². The molecule has 0 saturated heterocycles. The molecule has 0 fully saturated rings. The van der Waals surface area contributed by atoms with Crippen molar-refractivity contribution in [1.82, 2.24) is 9.66 Å². The van der Waals surface area contributed by atoms with Crippen molar-refractivity contribution in [3.8, 4) is 0 Å². The number of aromatic nitrogens is 2. The van der Waals surface area contributed by atoms with Gasteiger partial charge in [-0.15, -0.1) is 0 Å². The summed E-state index contributed by atoms with van der Waals surface area (Å²) in [7, 11) is 4.00. The van der Waals surface area contributed by atoms with E-state index in [0.717, 1.165) is 28.6 Å². The molecule has 3 rings (SSSR count). The third-order valence-corrected chi connectivity index (χ3v) is 4.85. The van der Waals surface area contributed by atoms with Gasteiger partial charge in [-0.2, -0.15) is 9.78 Å². The van der Waals surface area contributed by atoms with Gasteiger partial charge in [0.1, 0.15) is 5.82 Å². The van der Waals surface area contributed by atoms with E-state index < -0.39 is 0 Å². The van der Waals surface area contributed by atoms with Crippen LogP contribution in [0.25, 0.3) is 10.9 Å². The first-order valence-corrected chi connectivity index (χ1v) is 9.82. The highest BCUT2D eigenvalue weighted by Crippen LogP contribution is 2.17. The molecule has 2 aromatic carbocycles. The Morgan fingerprint density at radius 1 is 1.19 bits per heavy atom. The van der Waals surface area contributed by atoms with E-state index >= 15 is 0 Å². The summed E-state index contributed by atoms with van der Waals surface area (Å²) in [4.78, 5) is 19.7. The molecule has 27 heavy (non-hydrogen) atoms. The monoisotopic (exact) mass is 426 g/mol. The largest absolute Gasteiger partial charge is 0.378 e. The van der Waals surface area contributed by atoms with Crippen LogP contribution in [-0.2, 0) is 6.42 Å². The molecule has 0 amide bonds. The minimum atomic E-state index is -0.145. The number of aryl methyl sites for hydroxylation is 1. The summed E-state index contributed by atoms with van der Waals surface area (Å²) in [6.07, 6.45) is 4.42. The lowest BCUT2D eigenvalue weighted by Crippen LogP contribution is -2.22. The van der Waals surface area contributed by atoms with Crippen molar-refractivity contribution in [1.29, 1.82) is 0 Å². The zero-order valence-electron chi connectivity index (χ0n) is 15.8. The number of hydrogen-bond donors (Lipinski definition) is 0. The molecule has 0 bridgehead atoms. The van der Waals surface area contributed by atoms with Gasteiger partial charge in [-0.25, -0.2) is 4.98 Å². The van der Waals surface area contributed by atoms with Crippen LogP contribution in [0.1, 0.15) is 31.2 Å². The van der Waals surface area contributed by atoms with E-state index in [2.05, 4.69) is 32.9 Å². The first-order chi connectivity index (χ1) is 13.0. The van der Waals surface area contributed by atoms with Gasteiger partial charge in [-0.05, 0) is 42.3 Å². The molecule has 0 unspecified atom stereocenters. The fourth-order valence-electron chi connectivity index (χ4n) is 2.79. The Hall–Kier alpha value is -2.47. The van der Waals surface area contributed by atoms with E-state index in [1.54, 1.807) is 12.3 Å². The minimum Gasteiger partial charge on any atom is -0.378 e. The minimum absolute atomic E-state index is 0.145. The normalized spacial score (nSPS) is 11.4. The quantitative estimate of drug-likeness (QED) is 0.547. The average Bonchev–Trinajstić information content (AvgIpc) is 2.66.